The summed E-state index contributed by atoms with van der Waals surface area (Å²) in [5.74, 6) is -0.0491. The molecule has 0 aliphatic heterocycles. The van der Waals surface area contributed by atoms with E-state index in [4.69, 9.17) is 0 Å². The van der Waals surface area contributed by atoms with Crippen LogP contribution in [0.2, 0.25) is 0 Å². The first-order chi connectivity index (χ1) is 13.9. The summed E-state index contributed by atoms with van der Waals surface area (Å²) in [6.07, 6.45) is 1.77. The molecule has 29 heavy (non-hydrogen) atoms. The van der Waals surface area contributed by atoms with Gasteiger partial charge in [-0.05, 0) is 41.1 Å². The van der Waals surface area contributed by atoms with Crippen LogP contribution in [-0.2, 0) is 16.1 Å². The molecular formula is C23H25N3O3. The van der Waals surface area contributed by atoms with Crippen LogP contribution < -0.4 is 16.2 Å². The van der Waals surface area contributed by atoms with Crippen LogP contribution in [0.3, 0.4) is 0 Å². The van der Waals surface area contributed by atoms with E-state index in [-0.39, 0.29) is 36.9 Å². The van der Waals surface area contributed by atoms with Crippen molar-refractivity contribution < 1.29 is 9.59 Å². The minimum atomic E-state index is -0.309. The van der Waals surface area contributed by atoms with Crippen LogP contribution in [0, 0.1) is 0 Å². The maximum absolute atomic E-state index is 12.4. The molecule has 0 aliphatic carbocycles. The molecule has 2 amide bonds. The Morgan fingerprint density at radius 1 is 0.966 bits per heavy atom. The van der Waals surface area contributed by atoms with Gasteiger partial charge in [-0.3, -0.25) is 14.4 Å². The number of amides is 2. The number of carbonyl (C=O) groups is 2. The maximum atomic E-state index is 12.4. The fourth-order valence-corrected chi connectivity index (χ4v) is 3.06. The minimum absolute atomic E-state index is 0.0814. The van der Waals surface area contributed by atoms with E-state index in [1.807, 2.05) is 42.5 Å². The predicted molar refractivity (Wildman–Crippen MR) is 115 cm³/mol. The lowest BCUT2D eigenvalue weighted by atomic mass is 10.0. The summed E-state index contributed by atoms with van der Waals surface area (Å²) in [6.45, 7) is 4.35. The number of benzene rings is 2. The van der Waals surface area contributed by atoms with Crippen LogP contribution in [-0.4, -0.2) is 22.9 Å². The number of aromatic nitrogens is 1. The Morgan fingerprint density at radius 2 is 1.69 bits per heavy atom. The Labute approximate surface area is 169 Å². The number of rotatable bonds is 7. The normalized spacial score (nSPS) is 10.9. The molecule has 1 aromatic heterocycles. The van der Waals surface area contributed by atoms with E-state index < -0.39 is 0 Å². The zero-order valence-electron chi connectivity index (χ0n) is 16.6. The second-order valence-corrected chi connectivity index (χ2v) is 7.26. The van der Waals surface area contributed by atoms with Crippen LogP contribution in [0.15, 0.2) is 65.6 Å². The fourth-order valence-electron chi connectivity index (χ4n) is 3.06. The number of fused-ring (bicyclic) bond motifs is 1. The molecule has 0 aliphatic rings. The highest BCUT2D eigenvalue weighted by molar-refractivity contribution is 5.91. The van der Waals surface area contributed by atoms with Gasteiger partial charge in [0.05, 0.1) is 0 Å². The molecule has 6 heteroatoms. The number of hydrogen-bond donors (Lipinski definition) is 2. The monoisotopic (exact) mass is 391 g/mol. The van der Waals surface area contributed by atoms with E-state index in [0.717, 1.165) is 11.1 Å². The number of hydrogen-bond acceptors (Lipinski definition) is 3. The number of carbonyl (C=O) groups excluding carboxylic acids is 2. The molecule has 0 saturated carbocycles. The number of anilines is 1. The van der Waals surface area contributed by atoms with Gasteiger partial charge in [-0.2, -0.15) is 0 Å². The van der Waals surface area contributed by atoms with Gasteiger partial charge in [0.1, 0.15) is 6.54 Å². The topological polar surface area (TPSA) is 80.2 Å². The van der Waals surface area contributed by atoms with Gasteiger partial charge in [0.15, 0.2) is 0 Å². The van der Waals surface area contributed by atoms with Gasteiger partial charge in [-0.1, -0.05) is 44.2 Å². The van der Waals surface area contributed by atoms with Crippen LogP contribution in [0.4, 0.5) is 5.69 Å². The Hall–Kier alpha value is -3.41. The summed E-state index contributed by atoms with van der Waals surface area (Å²) in [4.78, 5) is 36.6. The van der Waals surface area contributed by atoms with Gasteiger partial charge < -0.3 is 15.2 Å². The Kier molecular flexibility index (Phi) is 6.44. The van der Waals surface area contributed by atoms with Crippen LogP contribution in [0.1, 0.15) is 31.7 Å². The molecule has 0 spiro atoms. The molecule has 0 radical (unpaired) electrons. The Bertz CT molecular complexity index is 1070. The van der Waals surface area contributed by atoms with Gasteiger partial charge >= 0.3 is 0 Å². The first-order valence-electron chi connectivity index (χ1n) is 9.69. The van der Waals surface area contributed by atoms with Crippen molar-refractivity contribution in [2.24, 2.45) is 0 Å². The molecule has 0 unspecified atom stereocenters. The summed E-state index contributed by atoms with van der Waals surface area (Å²) in [5.41, 5.74) is 1.73. The molecule has 2 aromatic carbocycles. The standard InChI is InChI=1S/C23H25N3O3/c1-16(2)17-7-9-19(10-8-17)25-21(27)11-13-24-22(28)15-26-14-12-18-5-3-4-6-20(18)23(26)29/h3-10,12,14,16H,11,13,15H2,1-2H3,(H,24,28)(H,25,27). The van der Waals surface area contributed by atoms with Crippen molar-refractivity contribution in [3.63, 3.8) is 0 Å². The highest BCUT2D eigenvalue weighted by Crippen LogP contribution is 2.17. The second-order valence-electron chi connectivity index (χ2n) is 7.26. The van der Waals surface area contributed by atoms with E-state index in [2.05, 4.69) is 24.5 Å². The quantitative estimate of drug-likeness (QED) is 0.649. The molecular weight excluding hydrogens is 366 g/mol. The molecule has 3 aromatic rings. The van der Waals surface area contributed by atoms with Gasteiger partial charge in [0, 0.05) is 30.2 Å². The molecule has 6 nitrogen and oxygen atoms in total. The number of pyridine rings is 1. The van der Waals surface area contributed by atoms with Crippen LogP contribution in [0.25, 0.3) is 10.8 Å². The third kappa shape index (κ3) is 5.31. The third-order valence-corrected chi connectivity index (χ3v) is 4.74. The third-order valence-electron chi connectivity index (χ3n) is 4.74. The highest BCUT2D eigenvalue weighted by atomic mass is 16.2. The molecule has 150 valence electrons. The summed E-state index contributed by atoms with van der Waals surface area (Å²) in [5, 5.41) is 6.92. The lowest BCUT2D eigenvalue weighted by molar-refractivity contribution is -0.121. The second kappa shape index (κ2) is 9.19. The number of nitrogens with one attached hydrogen (secondary N) is 2. The van der Waals surface area contributed by atoms with Gasteiger partial charge in [0.2, 0.25) is 11.8 Å². The Balaban J connectivity index is 1.48. The summed E-state index contributed by atoms with van der Waals surface area (Å²) < 4.78 is 1.37. The molecule has 1 heterocycles. The first kappa shape index (κ1) is 20.3. The SMILES string of the molecule is CC(C)c1ccc(NC(=O)CCNC(=O)Cn2ccc3ccccc3c2=O)cc1. The van der Waals surface area contributed by atoms with Crippen molar-refractivity contribution in [1.82, 2.24) is 9.88 Å². The summed E-state index contributed by atoms with van der Waals surface area (Å²) >= 11 is 0. The molecule has 3 rings (SSSR count). The van der Waals surface area contributed by atoms with Gasteiger partial charge in [-0.15, -0.1) is 0 Å². The van der Waals surface area contributed by atoms with Crippen molar-refractivity contribution in [1.29, 1.82) is 0 Å². The molecule has 0 bridgehead atoms. The highest BCUT2D eigenvalue weighted by Gasteiger charge is 2.08. The van der Waals surface area contributed by atoms with Gasteiger partial charge in [0.25, 0.3) is 5.56 Å². The van der Waals surface area contributed by atoms with E-state index in [1.54, 1.807) is 18.3 Å². The lowest BCUT2D eigenvalue weighted by Gasteiger charge is -2.10. The first-order valence-corrected chi connectivity index (χ1v) is 9.69. The average molecular weight is 391 g/mol. The van der Waals surface area contributed by atoms with Crippen LogP contribution >= 0.6 is 0 Å². The van der Waals surface area contributed by atoms with Crippen molar-refractivity contribution in [2.75, 3.05) is 11.9 Å². The summed E-state index contributed by atoms with van der Waals surface area (Å²) in [6, 6.07) is 16.8. The molecule has 0 saturated heterocycles. The van der Waals surface area contributed by atoms with E-state index in [1.165, 1.54) is 10.1 Å². The zero-order valence-corrected chi connectivity index (χ0v) is 16.6. The predicted octanol–water partition coefficient (Wildman–Crippen LogP) is 3.27. The van der Waals surface area contributed by atoms with E-state index in [0.29, 0.717) is 11.3 Å². The molecule has 0 atom stereocenters. The van der Waals surface area contributed by atoms with E-state index >= 15 is 0 Å². The maximum Gasteiger partial charge on any atom is 0.258 e. The van der Waals surface area contributed by atoms with Crippen LogP contribution in [0.5, 0.6) is 0 Å². The van der Waals surface area contributed by atoms with Crippen molar-refractivity contribution in [3.8, 4) is 0 Å². The van der Waals surface area contributed by atoms with Crippen molar-refractivity contribution in [2.45, 2.75) is 32.7 Å². The number of nitrogens with zero attached hydrogens (tertiary/aromatic N) is 1. The minimum Gasteiger partial charge on any atom is -0.354 e. The molecule has 0 fully saturated rings. The average Bonchev–Trinajstić information content (AvgIpc) is 2.70. The smallest absolute Gasteiger partial charge is 0.258 e. The fraction of sp³-hybridized carbons (Fsp3) is 0.261. The Morgan fingerprint density at radius 3 is 2.41 bits per heavy atom. The lowest BCUT2D eigenvalue weighted by Crippen LogP contribution is -2.33. The van der Waals surface area contributed by atoms with E-state index in [9.17, 15) is 14.4 Å². The zero-order chi connectivity index (χ0) is 20.8. The van der Waals surface area contributed by atoms with Crippen molar-refractivity contribution in [3.05, 3.63) is 76.7 Å². The van der Waals surface area contributed by atoms with Crippen molar-refractivity contribution >= 4 is 28.3 Å². The molecule has 2 N–H and O–H groups in total. The largest absolute Gasteiger partial charge is 0.354 e. The van der Waals surface area contributed by atoms with Gasteiger partial charge in [-0.25, -0.2) is 0 Å². The summed E-state index contributed by atoms with van der Waals surface area (Å²) in [7, 11) is 0.